The zero-order chi connectivity index (χ0) is 33.8. The Morgan fingerprint density at radius 2 is 0.809 bits per heavy atom. The van der Waals surface area contributed by atoms with Crippen molar-refractivity contribution in [3.05, 3.63) is 47.5 Å². The summed E-state index contributed by atoms with van der Waals surface area (Å²) in [5.74, 6) is 3.46. The van der Waals surface area contributed by atoms with Gasteiger partial charge in [0, 0.05) is 19.6 Å². The highest BCUT2D eigenvalue weighted by molar-refractivity contribution is 5.44. The van der Waals surface area contributed by atoms with Crippen molar-refractivity contribution < 1.29 is 18.9 Å². The number of rotatable bonds is 31. The first-order valence-electron chi connectivity index (χ1n) is 19.3. The summed E-state index contributed by atoms with van der Waals surface area (Å²) in [6.45, 7) is 15.1. The molecule has 0 atom stereocenters. The Morgan fingerprint density at radius 3 is 1.15 bits per heavy atom. The molecule has 2 rings (SSSR count). The van der Waals surface area contributed by atoms with Gasteiger partial charge in [0.15, 0.2) is 23.0 Å². The summed E-state index contributed by atoms with van der Waals surface area (Å²) >= 11 is 0. The molecule has 0 radical (unpaired) electrons. The minimum absolute atomic E-state index is 0.671. The van der Waals surface area contributed by atoms with E-state index >= 15 is 0 Å². The molecule has 0 bridgehead atoms. The Kier molecular flexibility index (Phi) is 23.8. The summed E-state index contributed by atoms with van der Waals surface area (Å²) in [7, 11) is 0. The molecule has 0 aliphatic carbocycles. The van der Waals surface area contributed by atoms with Crippen LogP contribution in [0.4, 0.5) is 0 Å². The Bertz CT molecular complexity index is 953. The molecule has 268 valence electrons. The molecule has 0 aromatic heterocycles. The first-order valence-corrected chi connectivity index (χ1v) is 19.3. The van der Waals surface area contributed by atoms with Crippen molar-refractivity contribution >= 4 is 0 Å². The molecular weight excluding hydrogens is 584 g/mol. The molecule has 47 heavy (non-hydrogen) atoms. The molecule has 0 spiro atoms. The monoisotopic (exact) mass is 655 g/mol. The fourth-order valence-electron chi connectivity index (χ4n) is 5.65. The van der Waals surface area contributed by atoms with E-state index in [0.717, 1.165) is 101 Å². The summed E-state index contributed by atoms with van der Waals surface area (Å²) in [5, 5.41) is 0. The van der Waals surface area contributed by atoms with E-state index in [1.807, 2.05) is 0 Å². The predicted octanol–water partition coefficient (Wildman–Crippen LogP) is 10.9. The van der Waals surface area contributed by atoms with Crippen molar-refractivity contribution in [1.29, 1.82) is 0 Å². The van der Waals surface area contributed by atoms with Crippen molar-refractivity contribution in [1.82, 2.24) is 4.90 Å². The number of benzene rings is 2. The third-order valence-corrected chi connectivity index (χ3v) is 8.53. The van der Waals surface area contributed by atoms with E-state index in [-0.39, 0.29) is 0 Å². The normalized spacial score (nSPS) is 11.3. The Morgan fingerprint density at radius 1 is 0.447 bits per heavy atom. The molecule has 2 aromatic carbocycles. The van der Waals surface area contributed by atoms with Crippen molar-refractivity contribution in [2.45, 2.75) is 150 Å². The van der Waals surface area contributed by atoms with Crippen LogP contribution in [0.3, 0.4) is 0 Å². The molecule has 0 saturated carbocycles. The molecular formula is C41H70N2O4. The van der Waals surface area contributed by atoms with E-state index in [9.17, 15) is 0 Å². The summed E-state index contributed by atoms with van der Waals surface area (Å²) < 4.78 is 25.1. The summed E-state index contributed by atoms with van der Waals surface area (Å²) in [5.41, 5.74) is 8.44. The molecule has 0 amide bonds. The lowest BCUT2D eigenvalue weighted by atomic mass is 10.1. The van der Waals surface area contributed by atoms with Crippen LogP contribution in [-0.4, -0.2) is 44.4 Å². The largest absolute Gasteiger partial charge is 0.490 e. The van der Waals surface area contributed by atoms with Gasteiger partial charge in [0.05, 0.1) is 26.4 Å². The van der Waals surface area contributed by atoms with Gasteiger partial charge >= 0.3 is 0 Å². The highest BCUT2D eigenvalue weighted by atomic mass is 16.5. The number of unbranched alkanes of at least 4 members (excludes halogenated alkanes) is 12. The van der Waals surface area contributed by atoms with Crippen LogP contribution in [0, 0.1) is 0 Å². The zero-order valence-electron chi connectivity index (χ0n) is 30.8. The molecule has 2 aromatic rings. The van der Waals surface area contributed by atoms with Gasteiger partial charge in [-0.2, -0.15) is 0 Å². The minimum Gasteiger partial charge on any atom is -0.490 e. The molecule has 0 aliphatic heterocycles. The van der Waals surface area contributed by atoms with E-state index in [0.29, 0.717) is 6.54 Å². The standard InChI is InChI=1S/C41H70N2O4/c1-5-9-13-17-28-44-38-24-22-36(32-40(38)46-30-19-15-11-7-3)34-43(27-21-26-42)35-37-23-25-39(45-29-18-14-10-6-2)41(33-37)47-31-20-16-12-8-4/h22-25,32-33H,5-21,26-31,34-35,42H2,1-4H3. The fraction of sp³-hybridized carbons (Fsp3) is 0.707. The van der Waals surface area contributed by atoms with Gasteiger partial charge in [0.2, 0.25) is 0 Å². The van der Waals surface area contributed by atoms with Gasteiger partial charge in [-0.15, -0.1) is 0 Å². The molecule has 0 fully saturated rings. The number of nitrogens with zero attached hydrogens (tertiary/aromatic N) is 1. The highest BCUT2D eigenvalue weighted by Gasteiger charge is 2.14. The van der Waals surface area contributed by atoms with Gasteiger partial charge in [-0.25, -0.2) is 0 Å². The van der Waals surface area contributed by atoms with E-state index in [1.165, 1.54) is 88.2 Å². The van der Waals surface area contributed by atoms with Gasteiger partial charge in [0.1, 0.15) is 0 Å². The smallest absolute Gasteiger partial charge is 0.161 e. The van der Waals surface area contributed by atoms with Gasteiger partial charge < -0.3 is 24.7 Å². The average molecular weight is 655 g/mol. The third-order valence-electron chi connectivity index (χ3n) is 8.53. The van der Waals surface area contributed by atoms with Crippen LogP contribution in [0.15, 0.2) is 36.4 Å². The van der Waals surface area contributed by atoms with Crippen LogP contribution < -0.4 is 24.7 Å². The lowest BCUT2D eigenvalue weighted by Gasteiger charge is -2.24. The lowest BCUT2D eigenvalue weighted by molar-refractivity contribution is 0.245. The third kappa shape index (κ3) is 18.6. The predicted molar refractivity (Wildman–Crippen MR) is 199 cm³/mol. The number of hydrogen-bond acceptors (Lipinski definition) is 6. The minimum atomic E-state index is 0.671. The van der Waals surface area contributed by atoms with Crippen molar-refractivity contribution in [3.8, 4) is 23.0 Å². The van der Waals surface area contributed by atoms with E-state index < -0.39 is 0 Å². The van der Waals surface area contributed by atoms with E-state index in [1.54, 1.807) is 0 Å². The van der Waals surface area contributed by atoms with Crippen LogP contribution in [-0.2, 0) is 13.1 Å². The Balaban J connectivity index is 2.17. The van der Waals surface area contributed by atoms with Gasteiger partial charge in [-0.1, -0.05) is 117 Å². The van der Waals surface area contributed by atoms with Gasteiger partial charge in [-0.3, -0.25) is 4.90 Å². The quantitative estimate of drug-likeness (QED) is 0.0816. The molecule has 6 heteroatoms. The second-order valence-corrected chi connectivity index (χ2v) is 13.1. The second-order valence-electron chi connectivity index (χ2n) is 13.1. The molecule has 0 heterocycles. The highest BCUT2D eigenvalue weighted by Crippen LogP contribution is 2.32. The zero-order valence-corrected chi connectivity index (χ0v) is 30.8. The van der Waals surface area contributed by atoms with Gasteiger partial charge in [-0.05, 0) is 74.0 Å². The summed E-state index contributed by atoms with van der Waals surface area (Å²) in [4.78, 5) is 2.48. The van der Waals surface area contributed by atoms with Crippen LogP contribution in [0.1, 0.15) is 148 Å². The Labute approximate surface area is 289 Å². The van der Waals surface area contributed by atoms with Crippen LogP contribution in [0.5, 0.6) is 23.0 Å². The second kappa shape index (κ2) is 27.5. The van der Waals surface area contributed by atoms with Crippen molar-refractivity contribution in [2.24, 2.45) is 5.73 Å². The maximum Gasteiger partial charge on any atom is 0.161 e. The Hall–Kier alpha value is -2.44. The van der Waals surface area contributed by atoms with Crippen LogP contribution in [0.25, 0.3) is 0 Å². The number of ether oxygens (including phenoxy) is 4. The lowest BCUT2D eigenvalue weighted by Crippen LogP contribution is -2.25. The van der Waals surface area contributed by atoms with E-state index in [4.69, 9.17) is 24.7 Å². The summed E-state index contributed by atoms with van der Waals surface area (Å²) in [6, 6.07) is 13.0. The number of nitrogens with two attached hydrogens (primary N) is 1. The fourth-order valence-corrected chi connectivity index (χ4v) is 5.65. The molecule has 0 aliphatic rings. The van der Waals surface area contributed by atoms with Crippen LogP contribution >= 0.6 is 0 Å². The van der Waals surface area contributed by atoms with Gasteiger partial charge in [0.25, 0.3) is 0 Å². The SMILES string of the molecule is CCCCCCOc1ccc(CN(CCCN)Cc2ccc(OCCCCCC)c(OCCCCCC)c2)cc1OCCCCCC. The summed E-state index contributed by atoms with van der Waals surface area (Å²) in [6.07, 6.45) is 19.9. The van der Waals surface area contributed by atoms with Crippen molar-refractivity contribution in [3.63, 3.8) is 0 Å². The maximum absolute atomic E-state index is 6.33. The van der Waals surface area contributed by atoms with E-state index in [2.05, 4.69) is 69.0 Å². The number of hydrogen-bond donors (Lipinski definition) is 1. The van der Waals surface area contributed by atoms with Crippen molar-refractivity contribution in [2.75, 3.05) is 39.5 Å². The van der Waals surface area contributed by atoms with Crippen LogP contribution in [0.2, 0.25) is 0 Å². The molecule has 2 N–H and O–H groups in total. The topological polar surface area (TPSA) is 66.2 Å². The maximum atomic E-state index is 6.33. The molecule has 0 unspecified atom stereocenters. The first-order chi connectivity index (χ1) is 23.1. The molecule has 0 saturated heterocycles. The first kappa shape index (κ1) is 40.7. The molecule has 6 nitrogen and oxygen atoms in total. The average Bonchev–Trinajstić information content (AvgIpc) is 3.08.